The van der Waals surface area contributed by atoms with Crippen molar-refractivity contribution in [1.29, 1.82) is 0 Å². The van der Waals surface area contributed by atoms with Crippen molar-refractivity contribution in [3.05, 3.63) is 35.3 Å². The molecule has 0 radical (unpaired) electrons. The summed E-state index contributed by atoms with van der Waals surface area (Å²) in [6.07, 6.45) is 0.552. The van der Waals surface area contributed by atoms with Gasteiger partial charge in [0.15, 0.2) is 15.6 Å². The molecule has 2 saturated heterocycles. The highest BCUT2D eigenvalue weighted by Crippen LogP contribution is 2.34. The first-order valence-electron chi connectivity index (χ1n) is 11.5. The Balaban J connectivity index is 1.44. The monoisotopic (exact) mass is 510 g/mol. The quantitative estimate of drug-likeness (QED) is 0.601. The third-order valence-corrected chi connectivity index (χ3v) is 7.31. The average molecular weight is 511 g/mol. The molecule has 11 heteroatoms. The van der Waals surface area contributed by atoms with Gasteiger partial charge in [0.1, 0.15) is 17.1 Å². The molecule has 9 nitrogen and oxygen atoms in total. The molecule has 2 aliphatic heterocycles. The molecule has 0 aliphatic carbocycles. The van der Waals surface area contributed by atoms with Gasteiger partial charge in [-0.05, 0) is 45.9 Å². The van der Waals surface area contributed by atoms with Crippen LogP contribution < -0.4 is 0 Å². The van der Waals surface area contributed by atoms with Crippen molar-refractivity contribution >= 4 is 15.9 Å². The van der Waals surface area contributed by atoms with Gasteiger partial charge in [-0.15, -0.1) is 0 Å². The van der Waals surface area contributed by atoms with E-state index in [9.17, 15) is 17.6 Å². The number of fused-ring (bicyclic) bond motifs is 2. The molecule has 192 valence electrons. The van der Waals surface area contributed by atoms with E-state index in [2.05, 4.69) is 5.16 Å². The summed E-state index contributed by atoms with van der Waals surface area (Å²) in [5.74, 6) is -0.504. The summed E-state index contributed by atoms with van der Waals surface area (Å²) in [5, 5.41) is 4.07. The van der Waals surface area contributed by atoms with Crippen LogP contribution in [0, 0.1) is 24.6 Å². The van der Waals surface area contributed by atoms with Crippen molar-refractivity contribution in [3.8, 4) is 11.3 Å². The van der Waals surface area contributed by atoms with Gasteiger partial charge >= 0.3 is 6.09 Å². The van der Waals surface area contributed by atoms with Crippen LogP contribution in [0.5, 0.6) is 0 Å². The first-order chi connectivity index (χ1) is 16.3. The van der Waals surface area contributed by atoms with Gasteiger partial charge in [0.2, 0.25) is 0 Å². The number of ether oxygens (including phenoxy) is 3. The zero-order valence-corrected chi connectivity index (χ0v) is 21.4. The van der Waals surface area contributed by atoms with Crippen molar-refractivity contribution in [3.63, 3.8) is 0 Å². The van der Waals surface area contributed by atoms with Crippen LogP contribution in [-0.2, 0) is 30.7 Å². The second-order valence-electron chi connectivity index (χ2n) is 10.2. The lowest BCUT2D eigenvalue weighted by Crippen LogP contribution is -2.58. The molecule has 1 aromatic heterocycles. The number of nitrogens with zero attached hydrogens (tertiary/aromatic N) is 2. The fraction of sp³-hybridized carbons (Fsp3) is 0.583. The van der Waals surface area contributed by atoms with Crippen LogP contribution in [0.15, 0.2) is 27.6 Å². The Hall–Kier alpha value is -2.50. The van der Waals surface area contributed by atoms with E-state index in [0.717, 1.165) is 12.3 Å². The Bertz CT molecular complexity index is 1190. The maximum atomic E-state index is 14.7. The number of carbonyl (C=O) groups excluding carboxylic acids is 1. The largest absolute Gasteiger partial charge is 0.444 e. The first kappa shape index (κ1) is 25.6. The molecule has 1 aromatic carbocycles. The fourth-order valence-corrected chi connectivity index (χ4v) is 5.12. The van der Waals surface area contributed by atoms with E-state index in [0.29, 0.717) is 37.6 Å². The van der Waals surface area contributed by atoms with Crippen molar-refractivity contribution < 1.29 is 36.3 Å². The van der Waals surface area contributed by atoms with Crippen molar-refractivity contribution in [2.24, 2.45) is 11.8 Å². The highest BCUT2D eigenvalue weighted by atomic mass is 32.2. The minimum atomic E-state index is -3.53. The van der Waals surface area contributed by atoms with Crippen molar-refractivity contribution in [2.75, 3.05) is 32.6 Å². The molecule has 1 amide bonds. The lowest BCUT2D eigenvalue weighted by Gasteiger charge is -2.46. The molecule has 2 bridgehead atoms. The Labute approximate surface area is 204 Å². The number of likely N-dealkylation sites (tertiary alicyclic amines) is 1. The maximum absolute atomic E-state index is 14.7. The molecular formula is C24H31FN2O7S. The van der Waals surface area contributed by atoms with E-state index in [1.54, 1.807) is 11.8 Å². The summed E-state index contributed by atoms with van der Waals surface area (Å²) in [7, 11) is -3.53. The third kappa shape index (κ3) is 5.68. The van der Waals surface area contributed by atoms with Gasteiger partial charge in [-0.3, -0.25) is 0 Å². The smallest absolute Gasteiger partial charge is 0.410 e. The standard InChI is InChI=1S/C24H31FN2O7S/c1-14-20(26-34-21(14)18-7-6-17(8-19(18)25)35(5,29)30)13-32-22-15-9-27(10-16(22)12-31-11-15)23(28)33-24(2,3)4/h6-8,15-16,22H,9-13H2,1-5H3. The first-order valence-corrected chi connectivity index (χ1v) is 13.3. The molecule has 2 fully saturated rings. The van der Waals surface area contributed by atoms with Gasteiger partial charge in [0, 0.05) is 36.7 Å². The number of aromatic nitrogens is 1. The maximum Gasteiger partial charge on any atom is 0.410 e. The Morgan fingerprint density at radius 3 is 2.46 bits per heavy atom. The summed E-state index contributed by atoms with van der Waals surface area (Å²) < 4.78 is 60.9. The average Bonchev–Trinajstić information content (AvgIpc) is 3.09. The van der Waals surface area contributed by atoms with Gasteiger partial charge < -0.3 is 23.6 Å². The molecule has 2 unspecified atom stereocenters. The normalized spacial score (nSPS) is 22.8. The number of hydrogen-bond donors (Lipinski definition) is 0. The van der Waals surface area contributed by atoms with Crippen LogP contribution in [-0.4, -0.2) is 68.8 Å². The third-order valence-electron chi connectivity index (χ3n) is 6.20. The van der Waals surface area contributed by atoms with Gasteiger partial charge in [0.25, 0.3) is 0 Å². The van der Waals surface area contributed by atoms with Crippen LogP contribution in [0.3, 0.4) is 0 Å². The minimum absolute atomic E-state index is 0.0114. The second kappa shape index (κ2) is 9.51. The summed E-state index contributed by atoms with van der Waals surface area (Å²) in [4.78, 5) is 14.2. The number of benzene rings is 1. The van der Waals surface area contributed by atoms with Gasteiger partial charge in [0.05, 0.1) is 36.4 Å². The van der Waals surface area contributed by atoms with Gasteiger partial charge in [-0.25, -0.2) is 17.6 Å². The molecule has 35 heavy (non-hydrogen) atoms. The summed E-state index contributed by atoms with van der Waals surface area (Å²) >= 11 is 0. The summed E-state index contributed by atoms with van der Waals surface area (Å²) in [6, 6.07) is 3.69. The fourth-order valence-electron chi connectivity index (χ4n) is 4.49. The Kier molecular flexibility index (Phi) is 6.96. The van der Waals surface area contributed by atoms with E-state index in [4.69, 9.17) is 18.7 Å². The SMILES string of the molecule is Cc1c(COC2C3COCC2CN(C(=O)OC(C)(C)C)C3)noc1-c1ccc(S(C)(=O)=O)cc1F. The minimum Gasteiger partial charge on any atom is -0.444 e. The van der Waals surface area contributed by atoms with Gasteiger partial charge in [-0.2, -0.15) is 0 Å². The summed E-state index contributed by atoms with van der Waals surface area (Å²) in [5.41, 5.74) is 0.705. The van der Waals surface area contributed by atoms with E-state index in [1.165, 1.54) is 12.1 Å². The molecule has 4 rings (SSSR count). The summed E-state index contributed by atoms with van der Waals surface area (Å²) in [6.45, 7) is 9.31. The highest BCUT2D eigenvalue weighted by Gasteiger charge is 2.43. The Morgan fingerprint density at radius 1 is 1.23 bits per heavy atom. The molecule has 2 aliphatic rings. The lowest BCUT2D eigenvalue weighted by atomic mass is 9.84. The van der Waals surface area contributed by atoms with E-state index in [-0.39, 0.29) is 46.9 Å². The number of hydrogen-bond acceptors (Lipinski definition) is 8. The zero-order valence-electron chi connectivity index (χ0n) is 20.5. The van der Waals surface area contributed by atoms with Crippen LogP contribution in [0.1, 0.15) is 32.0 Å². The zero-order chi connectivity index (χ0) is 25.5. The van der Waals surface area contributed by atoms with Crippen molar-refractivity contribution in [2.45, 2.75) is 50.9 Å². The van der Waals surface area contributed by atoms with Crippen LogP contribution >= 0.6 is 0 Å². The predicted molar refractivity (Wildman–Crippen MR) is 124 cm³/mol. The molecule has 3 heterocycles. The van der Waals surface area contributed by atoms with Crippen molar-refractivity contribution in [1.82, 2.24) is 10.1 Å². The number of sulfone groups is 1. The van der Waals surface area contributed by atoms with E-state index >= 15 is 0 Å². The number of piperidine rings is 1. The van der Waals surface area contributed by atoms with Crippen LogP contribution in [0.25, 0.3) is 11.3 Å². The number of amides is 1. The highest BCUT2D eigenvalue weighted by molar-refractivity contribution is 7.90. The van der Waals surface area contributed by atoms with E-state index < -0.39 is 21.3 Å². The molecule has 0 spiro atoms. The molecule has 2 atom stereocenters. The Morgan fingerprint density at radius 2 is 1.89 bits per heavy atom. The second-order valence-corrected chi connectivity index (χ2v) is 12.2. The number of rotatable bonds is 5. The predicted octanol–water partition coefficient (Wildman–Crippen LogP) is 3.59. The van der Waals surface area contributed by atoms with Crippen LogP contribution in [0.2, 0.25) is 0 Å². The van der Waals surface area contributed by atoms with E-state index in [1.807, 2.05) is 20.8 Å². The van der Waals surface area contributed by atoms with Gasteiger partial charge in [-0.1, -0.05) is 5.16 Å². The molecular weight excluding hydrogens is 479 g/mol. The van der Waals surface area contributed by atoms with Crippen LogP contribution in [0.4, 0.5) is 9.18 Å². The number of halogens is 1. The number of carbonyl (C=O) groups is 1. The molecule has 2 aromatic rings. The molecule has 0 saturated carbocycles. The lowest BCUT2D eigenvalue weighted by molar-refractivity contribution is -0.152. The topological polar surface area (TPSA) is 108 Å². The molecule has 0 N–H and O–H groups in total.